The molecule has 2 aliphatic rings. The second kappa shape index (κ2) is 8.23. The summed E-state index contributed by atoms with van der Waals surface area (Å²) in [6.07, 6.45) is 7.85. The Bertz CT molecular complexity index is 1160. The monoisotopic (exact) mass is 437 g/mol. The van der Waals surface area contributed by atoms with Crippen LogP contribution in [-0.2, 0) is 12.8 Å². The van der Waals surface area contributed by atoms with Crippen molar-refractivity contribution >= 4 is 29.0 Å². The van der Waals surface area contributed by atoms with E-state index in [1.54, 1.807) is 18.5 Å². The number of nitrogens with one attached hydrogen (secondary N) is 1. The van der Waals surface area contributed by atoms with E-state index in [9.17, 15) is 9.18 Å². The number of pyridine rings is 1. The number of likely N-dealkylation sites (tertiary alicyclic amines) is 1. The van der Waals surface area contributed by atoms with Crippen LogP contribution in [0.15, 0.2) is 36.7 Å². The highest BCUT2D eigenvalue weighted by atomic mass is 35.5. The third kappa shape index (κ3) is 3.85. The number of aryl methyl sites for hydroxylation is 1. The lowest BCUT2D eigenvalue weighted by Crippen LogP contribution is -2.28. The van der Waals surface area contributed by atoms with Gasteiger partial charge in [-0.1, -0.05) is 11.6 Å². The van der Waals surface area contributed by atoms with Gasteiger partial charge in [-0.2, -0.15) is 0 Å². The molecule has 1 aliphatic carbocycles. The van der Waals surface area contributed by atoms with Crippen molar-refractivity contribution in [3.63, 3.8) is 0 Å². The molecular weight excluding hydrogens is 417 g/mol. The molecule has 0 radical (unpaired) electrons. The smallest absolute Gasteiger partial charge is 0.257 e. The Morgan fingerprint density at radius 2 is 1.94 bits per heavy atom. The molecule has 0 saturated carbocycles. The van der Waals surface area contributed by atoms with E-state index < -0.39 is 5.82 Å². The molecule has 3 heterocycles. The Morgan fingerprint density at radius 1 is 1.10 bits per heavy atom. The lowest BCUT2D eigenvalue weighted by atomic mass is 10.1. The van der Waals surface area contributed by atoms with Crippen LogP contribution < -0.4 is 5.32 Å². The molecule has 2 aromatic heterocycles. The molecule has 8 heteroatoms. The van der Waals surface area contributed by atoms with Crippen molar-refractivity contribution in [2.75, 3.05) is 18.4 Å². The van der Waals surface area contributed by atoms with Gasteiger partial charge in [0, 0.05) is 41.8 Å². The molecule has 0 spiro atoms. The molecule has 1 fully saturated rings. The number of nitrogens with zero attached hydrogens (tertiary/aromatic N) is 4. The number of halogens is 2. The van der Waals surface area contributed by atoms with Gasteiger partial charge in [-0.3, -0.25) is 9.78 Å². The zero-order valence-electron chi connectivity index (χ0n) is 16.9. The number of benzene rings is 1. The van der Waals surface area contributed by atoms with Crippen LogP contribution in [0.3, 0.4) is 0 Å². The van der Waals surface area contributed by atoms with Gasteiger partial charge in [0.15, 0.2) is 5.82 Å². The first kappa shape index (κ1) is 19.9. The van der Waals surface area contributed by atoms with Gasteiger partial charge in [-0.15, -0.1) is 0 Å². The summed E-state index contributed by atoms with van der Waals surface area (Å²) in [6.45, 7) is 1.52. The second-order valence-corrected chi connectivity index (χ2v) is 8.28. The molecule has 1 aliphatic heterocycles. The second-order valence-electron chi connectivity index (χ2n) is 7.84. The van der Waals surface area contributed by atoms with E-state index in [1.807, 2.05) is 4.90 Å². The van der Waals surface area contributed by atoms with Crippen LogP contribution in [0.25, 0.3) is 11.4 Å². The van der Waals surface area contributed by atoms with Crippen LogP contribution in [0.1, 0.15) is 40.9 Å². The summed E-state index contributed by atoms with van der Waals surface area (Å²) in [6, 6.07) is 6.12. The van der Waals surface area contributed by atoms with Crippen LogP contribution in [0, 0.1) is 5.82 Å². The van der Waals surface area contributed by atoms with E-state index in [1.165, 1.54) is 18.2 Å². The number of amides is 1. The highest BCUT2D eigenvalue weighted by Gasteiger charge is 2.25. The van der Waals surface area contributed by atoms with Crippen molar-refractivity contribution in [2.45, 2.75) is 32.1 Å². The highest BCUT2D eigenvalue weighted by molar-refractivity contribution is 6.30. The first-order chi connectivity index (χ1) is 15.1. The quantitative estimate of drug-likeness (QED) is 0.634. The third-order valence-electron chi connectivity index (χ3n) is 5.80. The van der Waals surface area contributed by atoms with Crippen LogP contribution in [0.4, 0.5) is 15.9 Å². The summed E-state index contributed by atoms with van der Waals surface area (Å²) in [4.78, 5) is 28.3. The van der Waals surface area contributed by atoms with Crippen LogP contribution in [0.5, 0.6) is 0 Å². The molecule has 1 aromatic carbocycles. The summed E-state index contributed by atoms with van der Waals surface area (Å²) in [7, 11) is 0. The Morgan fingerprint density at radius 3 is 2.77 bits per heavy atom. The van der Waals surface area contributed by atoms with Gasteiger partial charge in [0.2, 0.25) is 0 Å². The van der Waals surface area contributed by atoms with E-state index >= 15 is 0 Å². The summed E-state index contributed by atoms with van der Waals surface area (Å²) in [5.74, 6) is 0.408. The first-order valence-corrected chi connectivity index (χ1v) is 10.8. The minimum atomic E-state index is -0.429. The lowest BCUT2D eigenvalue weighted by Gasteiger charge is -2.19. The molecule has 1 amide bonds. The molecule has 1 N–H and O–H groups in total. The number of anilines is 2. The highest BCUT2D eigenvalue weighted by Crippen LogP contribution is 2.33. The van der Waals surface area contributed by atoms with E-state index in [4.69, 9.17) is 11.6 Å². The average molecular weight is 438 g/mol. The molecule has 6 nitrogen and oxygen atoms in total. The van der Waals surface area contributed by atoms with Crippen molar-refractivity contribution in [3.8, 4) is 11.4 Å². The molecule has 0 unspecified atom stereocenters. The fourth-order valence-electron chi connectivity index (χ4n) is 4.22. The Labute approximate surface area is 184 Å². The SMILES string of the molecule is O=C(c1cnccc1Nc1nc(-c2cc(Cl)ccc2F)nc2c1CCC2)N1CCCC1. The van der Waals surface area contributed by atoms with Gasteiger partial charge in [-0.05, 0) is 56.4 Å². The van der Waals surface area contributed by atoms with E-state index in [0.717, 1.165) is 56.5 Å². The first-order valence-electron chi connectivity index (χ1n) is 10.5. The topological polar surface area (TPSA) is 71.0 Å². The maximum atomic E-state index is 14.5. The third-order valence-corrected chi connectivity index (χ3v) is 6.04. The predicted molar refractivity (Wildman–Crippen MR) is 117 cm³/mol. The van der Waals surface area contributed by atoms with Crippen molar-refractivity contribution in [1.29, 1.82) is 0 Å². The largest absolute Gasteiger partial charge is 0.339 e. The van der Waals surface area contributed by atoms with Gasteiger partial charge in [0.1, 0.15) is 11.6 Å². The van der Waals surface area contributed by atoms with Crippen molar-refractivity contribution in [1.82, 2.24) is 19.9 Å². The molecule has 0 bridgehead atoms. The standard InChI is InChI=1S/C23H21ClFN5O/c24-14-6-7-18(25)16(12-14)22-27-19-5-3-4-15(19)21(29-22)28-20-8-9-26-13-17(20)23(31)30-10-1-2-11-30/h6-9,12-13H,1-5,10-11H2,(H,26,27,28,29). The number of carbonyl (C=O) groups excluding carboxylic acids is 1. The van der Waals surface area contributed by atoms with Crippen LogP contribution >= 0.6 is 11.6 Å². The van der Waals surface area contributed by atoms with Gasteiger partial charge in [0.25, 0.3) is 5.91 Å². The zero-order chi connectivity index (χ0) is 21.4. The van der Waals surface area contributed by atoms with E-state index in [-0.39, 0.29) is 17.3 Å². The van der Waals surface area contributed by atoms with Gasteiger partial charge in [0.05, 0.1) is 16.8 Å². The van der Waals surface area contributed by atoms with Crippen molar-refractivity contribution < 1.29 is 9.18 Å². The van der Waals surface area contributed by atoms with E-state index in [2.05, 4.69) is 20.3 Å². The number of rotatable bonds is 4. The summed E-state index contributed by atoms with van der Waals surface area (Å²) in [5.41, 5.74) is 3.30. The fraction of sp³-hybridized carbons (Fsp3) is 0.304. The summed E-state index contributed by atoms with van der Waals surface area (Å²) in [5, 5.41) is 3.75. The maximum absolute atomic E-state index is 14.5. The Hall–Kier alpha value is -3.06. The van der Waals surface area contributed by atoms with Gasteiger partial charge < -0.3 is 10.2 Å². The predicted octanol–water partition coefficient (Wildman–Crippen LogP) is 4.80. The molecule has 5 rings (SSSR count). The van der Waals surface area contributed by atoms with Crippen LogP contribution in [0.2, 0.25) is 5.02 Å². The number of carbonyl (C=O) groups is 1. The van der Waals surface area contributed by atoms with Crippen LogP contribution in [-0.4, -0.2) is 38.8 Å². The molecule has 31 heavy (non-hydrogen) atoms. The molecular formula is C23H21ClFN5O. The fourth-order valence-corrected chi connectivity index (χ4v) is 4.39. The Balaban J connectivity index is 1.55. The van der Waals surface area contributed by atoms with Gasteiger partial charge >= 0.3 is 0 Å². The number of hydrogen-bond acceptors (Lipinski definition) is 5. The number of hydrogen-bond donors (Lipinski definition) is 1. The van der Waals surface area contributed by atoms with E-state index in [0.29, 0.717) is 22.1 Å². The molecule has 3 aromatic rings. The molecule has 158 valence electrons. The minimum Gasteiger partial charge on any atom is -0.339 e. The number of aromatic nitrogens is 3. The zero-order valence-corrected chi connectivity index (χ0v) is 17.6. The minimum absolute atomic E-state index is 0.0417. The average Bonchev–Trinajstić information content (AvgIpc) is 3.47. The number of fused-ring (bicyclic) bond motifs is 1. The molecule has 0 atom stereocenters. The lowest BCUT2D eigenvalue weighted by molar-refractivity contribution is 0.0793. The van der Waals surface area contributed by atoms with Gasteiger partial charge in [-0.25, -0.2) is 14.4 Å². The maximum Gasteiger partial charge on any atom is 0.257 e. The van der Waals surface area contributed by atoms with Crippen molar-refractivity contribution in [3.05, 3.63) is 64.3 Å². The normalized spacial score (nSPS) is 15.2. The molecule has 1 saturated heterocycles. The summed E-state index contributed by atoms with van der Waals surface area (Å²) >= 11 is 6.08. The summed E-state index contributed by atoms with van der Waals surface area (Å²) < 4.78 is 14.5. The Kier molecular flexibility index (Phi) is 5.28. The van der Waals surface area contributed by atoms with Crippen molar-refractivity contribution in [2.24, 2.45) is 0 Å².